The molecule has 8 heteroatoms. The summed E-state index contributed by atoms with van der Waals surface area (Å²) >= 11 is 8.95. The Labute approximate surface area is 124 Å². The maximum absolute atomic E-state index is 12.1. The molecule has 1 N–H and O–H groups in total. The zero-order valence-electron chi connectivity index (χ0n) is 9.85. The lowest BCUT2D eigenvalue weighted by Gasteiger charge is -2.07. The second-order valence-corrected chi connectivity index (χ2v) is 6.79. The summed E-state index contributed by atoms with van der Waals surface area (Å²) in [6.45, 7) is 1.84. The zero-order chi connectivity index (χ0) is 14.0. The number of halogens is 2. The maximum Gasteiger partial charge on any atom is 0.244 e. The first-order valence-corrected chi connectivity index (χ1v) is 7.90. The van der Waals surface area contributed by atoms with Crippen molar-refractivity contribution in [2.75, 3.05) is 0 Å². The molecule has 0 spiro atoms. The lowest BCUT2D eigenvalue weighted by molar-refractivity contribution is 0.475. The fourth-order valence-electron chi connectivity index (χ4n) is 1.42. The SMILES string of the molecule is Cc1ccc(CNS(=O)(=O)c2cc(Br)cnc2Cl)o1. The first kappa shape index (κ1) is 14.5. The molecule has 2 heterocycles. The third-order valence-electron chi connectivity index (χ3n) is 2.30. The summed E-state index contributed by atoms with van der Waals surface area (Å²) in [4.78, 5) is 3.70. The minimum absolute atomic E-state index is 0.0546. The molecule has 2 rings (SSSR count). The van der Waals surface area contributed by atoms with Gasteiger partial charge in [-0.25, -0.2) is 18.1 Å². The van der Waals surface area contributed by atoms with Crippen molar-refractivity contribution in [2.45, 2.75) is 18.4 Å². The highest BCUT2D eigenvalue weighted by Gasteiger charge is 2.19. The van der Waals surface area contributed by atoms with Gasteiger partial charge in [-0.3, -0.25) is 0 Å². The number of hydrogen-bond acceptors (Lipinski definition) is 4. The van der Waals surface area contributed by atoms with Crippen LogP contribution < -0.4 is 4.72 Å². The summed E-state index contributed by atoms with van der Waals surface area (Å²) in [5, 5.41) is -0.0775. The van der Waals surface area contributed by atoms with Crippen LogP contribution in [0, 0.1) is 6.92 Å². The summed E-state index contributed by atoms with van der Waals surface area (Å²) in [6, 6.07) is 4.86. The summed E-state index contributed by atoms with van der Waals surface area (Å²) < 4.78 is 32.4. The predicted molar refractivity (Wildman–Crippen MR) is 74.4 cm³/mol. The Bertz CT molecular complexity index is 700. The number of aromatic nitrogens is 1. The van der Waals surface area contributed by atoms with E-state index in [4.69, 9.17) is 16.0 Å². The standard InChI is InChI=1S/C11H10BrClN2O3S/c1-7-2-3-9(18-7)6-15-19(16,17)10-4-8(12)5-14-11(10)13/h2-5,15H,6H2,1H3. The Hall–Kier alpha value is -0.890. The molecule has 5 nitrogen and oxygen atoms in total. The number of nitrogens with zero attached hydrogens (tertiary/aromatic N) is 1. The molecule has 0 bridgehead atoms. The third kappa shape index (κ3) is 3.56. The molecule has 0 aliphatic rings. The topological polar surface area (TPSA) is 72.2 Å². The summed E-state index contributed by atoms with van der Waals surface area (Å²) in [7, 11) is -3.74. The molecule has 0 fully saturated rings. The Morgan fingerprint density at radius 2 is 2.21 bits per heavy atom. The van der Waals surface area contributed by atoms with Gasteiger partial charge < -0.3 is 4.42 Å². The molecular formula is C11H10BrClN2O3S. The number of rotatable bonds is 4. The van der Waals surface area contributed by atoms with Crippen molar-refractivity contribution in [1.82, 2.24) is 9.71 Å². The molecule has 0 radical (unpaired) electrons. The molecule has 0 saturated carbocycles. The summed E-state index contributed by atoms with van der Waals surface area (Å²) in [6.07, 6.45) is 1.43. The van der Waals surface area contributed by atoms with Gasteiger partial charge in [0.1, 0.15) is 21.6 Å². The van der Waals surface area contributed by atoms with Crippen LogP contribution in [-0.2, 0) is 16.6 Å². The average Bonchev–Trinajstić information content (AvgIpc) is 2.76. The molecule has 19 heavy (non-hydrogen) atoms. The van der Waals surface area contributed by atoms with Crippen LogP contribution in [0.5, 0.6) is 0 Å². The monoisotopic (exact) mass is 364 g/mol. The van der Waals surface area contributed by atoms with Gasteiger partial charge in [0.2, 0.25) is 10.0 Å². The van der Waals surface area contributed by atoms with Crippen molar-refractivity contribution in [3.8, 4) is 0 Å². The largest absolute Gasteiger partial charge is 0.465 e. The van der Waals surface area contributed by atoms with E-state index in [1.807, 2.05) is 0 Å². The zero-order valence-corrected chi connectivity index (χ0v) is 13.0. The highest BCUT2D eigenvalue weighted by molar-refractivity contribution is 9.10. The van der Waals surface area contributed by atoms with E-state index in [0.29, 0.717) is 10.2 Å². The number of sulfonamides is 1. The smallest absolute Gasteiger partial charge is 0.244 e. The van der Waals surface area contributed by atoms with E-state index in [2.05, 4.69) is 25.6 Å². The average molecular weight is 366 g/mol. The highest BCUT2D eigenvalue weighted by Crippen LogP contribution is 2.22. The van der Waals surface area contributed by atoms with Crippen LogP contribution in [0.2, 0.25) is 5.15 Å². The van der Waals surface area contributed by atoms with Gasteiger partial charge >= 0.3 is 0 Å². The molecule has 102 valence electrons. The first-order valence-electron chi connectivity index (χ1n) is 5.24. The van der Waals surface area contributed by atoms with E-state index < -0.39 is 10.0 Å². The van der Waals surface area contributed by atoms with E-state index in [0.717, 1.165) is 5.76 Å². The van der Waals surface area contributed by atoms with Crippen LogP contribution in [-0.4, -0.2) is 13.4 Å². The molecule has 0 amide bonds. The van der Waals surface area contributed by atoms with Crippen molar-refractivity contribution in [2.24, 2.45) is 0 Å². The van der Waals surface area contributed by atoms with Gasteiger partial charge in [-0.2, -0.15) is 0 Å². The van der Waals surface area contributed by atoms with Crippen LogP contribution in [0.4, 0.5) is 0 Å². The van der Waals surface area contributed by atoms with E-state index in [9.17, 15) is 8.42 Å². The Kier molecular flexibility index (Phi) is 4.29. The number of furan rings is 1. The minimum Gasteiger partial charge on any atom is -0.465 e. The number of nitrogens with one attached hydrogen (secondary N) is 1. The van der Waals surface area contributed by atoms with Gasteiger partial charge in [0, 0.05) is 10.7 Å². The molecular weight excluding hydrogens is 356 g/mol. The van der Waals surface area contributed by atoms with Gasteiger partial charge in [-0.1, -0.05) is 11.6 Å². The molecule has 0 atom stereocenters. The van der Waals surface area contributed by atoms with E-state index in [-0.39, 0.29) is 16.6 Å². The lowest BCUT2D eigenvalue weighted by atomic mass is 10.4. The van der Waals surface area contributed by atoms with Gasteiger partial charge in [-0.15, -0.1) is 0 Å². The van der Waals surface area contributed by atoms with Crippen LogP contribution in [0.3, 0.4) is 0 Å². The molecule has 0 saturated heterocycles. The highest BCUT2D eigenvalue weighted by atomic mass is 79.9. The van der Waals surface area contributed by atoms with Crippen LogP contribution in [0.25, 0.3) is 0 Å². The molecule has 0 aliphatic heterocycles. The van der Waals surface area contributed by atoms with Crippen LogP contribution in [0.1, 0.15) is 11.5 Å². The van der Waals surface area contributed by atoms with E-state index in [1.54, 1.807) is 19.1 Å². The van der Waals surface area contributed by atoms with Crippen molar-refractivity contribution in [3.63, 3.8) is 0 Å². The van der Waals surface area contributed by atoms with Gasteiger partial charge in [-0.05, 0) is 41.1 Å². The number of hydrogen-bond donors (Lipinski definition) is 1. The second-order valence-electron chi connectivity index (χ2n) is 3.78. The van der Waals surface area contributed by atoms with Crippen molar-refractivity contribution < 1.29 is 12.8 Å². The molecule has 2 aromatic rings. The Morgan fingerprint density at radius 1 is 1.47 bits per heavy atom. The Balaban J connectivity index is 2.20. The van der Waals surface area contributed by atoms with Crippen molar-refractivity contribution in [1.29, 1.82) is 0 Å². The fraction of sp³-hybridized carbons (Fsp3) is 0.182. The summed E-state index contributed by atoms with van der Waals surface area (Å²) in [5.74, 6) is 1.25. The fourth-order valence-corrected chi connectivity index (χ4v) is 3.35. The van der Waals surface area contributed by atoms with Gasteiger partial charge in [0.05, 0.1) is 6.54 Å². The van der Waals surface area contributed by atoms with Gasteiger partial charge in [0.25, 0.3) is 0 Å². The molecule has 0 aliphatic carbocycles. The molecule has 2 aromatic heterocycles. The molecule has 0 aromatic carbocycles. The predicted octanol–water partition coefficient (Wildman–Crippen LogP) is 2.88. The van der Waals surface area contributed by atoms with Crippen LogP contribution in [0.15, 0.2) is 38.2 Å². The minimum atomic E-state index is -3.74. The quantitative estimate of drug-likeness (QED) is 0.846. The lowest BCUT2D eigenvalue weighted by Crippen LogP contribution is -2.23. The second kappa shape index (κ2) is 5.62. The van der Waals surface area contributed by atoms with E-state index in [1.165, 1.54) is 12.3 Å². The normalized spacial score (nSPS) is 11.7. The number of pyridine rings is 1. The van der Waals surface area contributed by atoms with Gasteiger partial charge in [0.15, 0.2) is 0 Å². The molecule has 0 unspecified atom stereocenters. The Morgan fingerprint density at radius 3 is 2.84 bits per heavy atom. The van der Waals surface area contributed by atoms with Crippen molar-refractivity contribution >= 4 is 37.6 Å². The maximum atomic E-state index is 12.1. The first-order chi connectivity index (χ1) is 8.88. The third-order valence-corrected chi connectivity index (χ3v) is 4.56. The van der Waals surface area contributed by atoms with Crippen LogP contribution >= 0.6 is 27.5 Å². The summed E-state index contributed by atoms with van der Waals surface area (Å²) in [5.41, 5.74) is 0. The van der Waals surface area contributed by atoms with Crippen molar-refractivity contribution in [3.05, 3.63) is 45.5 Å². The van der Waals surface area contributed by atoms with E-state index >= 15 is 0 Å². The number of aryl methyl sites for hydroxylation is 1.